The summed E-state index contributed by atoms with van der Waals surface area (Å²) in [4.78, 5) is 16.5. The van der Waals surface area contributed by atoms with E-state index in [4.69, 9.17) is 5.10 Å². The summed E-state index contributed by atoms with van der Waals surface area (Å²) in [6.45, 7) is 6.87. The smallest absolute Gasteiger partial charge is 0.262 e. The summed E-state index contributed by atoms with van der Waals surface area (Å²) in [5.74, 6) is 0.951. The van der Waals surface area contributed by atoms with E-state index >= 15 is 0 Å². The number of aromatic nitrogens is 3. The van der Waals surface area contributed by atoms with Crippen molar-refractivity contribution in [1.29, 1.82) is 0 Å². The van der Waals surface area contributed by atoms with E-state index in [9.17, 15) is 18.3 Å². The topological polar surface area (TPSA) is 148 Å². The number of hydrogen-bond donors (Lipinski definition) is 2. The minimum atomic E-state index is -3.99. The molecule has 4 aromatic rings. The van der Waals surface area contributed by atoms with Crippen molar-refractivity contribution in [3.05, 3.63) is 89.4 Å². The molecule has 0 unspecified atom stereocenters. The third kappa shape index (κ3) is 7.43. The second-order valence-corrected chi connectivity index (χ2v) is 10.9. The first-order valence-electron chi connectivity index (χ1n) is 12.3. The summed E-state index contributed by atoms with van der Waals surface area (Å²) in [6.07, 6.45) is 1.09. The van der Waals surface area contributed by atoms with Gasteiger partial charge in [-0.3, -0.25) is 4.72 Å². The molecule has 0 aliphatic heterocycles. The highest BCUT2D eigenvalue weighted by Gasteiger charge is 2.15. The second kappa shape index (κ2) is 12.5. The molecular formula is C28H34N6O4S. The minimum Gasteiger partial charge on any atom is -0.529 e. The van der Waals surface area contributed by atoms with Crippen LogP contribution < -0.4 is 20.5 Å². The van der Waals surface area contributed by atoms with Gasteiger partial charge in [0, 0.05) is 43.5 Å². The molecule has 0 atom stereocenters. The number of anilines is 1. The summed E-state index contributed by atoms with van der Waals surface area (Å²) < 4.78 is 25.8. The van der Waals surface area contributed by atoms with Crippen LogP contribution in [0, 0.1) is 20.8 Å². The molecule has 0 saturated carbocycles. The number of carbonyl (C=O) groups is 1. The van der Waals surface area contributed by atoms with Crippen LogP contribution in [0.2, 0.25) is 0 Å². The minimum absolute atomic E-state index is 0.104. The summed E-state index contributed by atoms with van der Waals surface area (Å²) in [6, 6.07) is 18.5. The predicted octanol–water partition coefficient (Wildman–Crippen LogP) is 2.02. The van der Waals surface area contributed by atoms with Gasteiger partial charge in [0.1, 0.15) is 11.9 Å². The van der Waals surface area contributed by atoms with Crippen LogP contribution in [0.5, 0.6) is 0 Å². The van der Waals surface area contributed by atoms with Gasteiger partial charge in [-0.25, -0.2) is 18.1 Å². The average molecular weight is 551 g/mol. The summed E-state index contributed by atoms with van der Waals surface area (Å²) in [5, 5.41) is 14.8. The number of hydrogen-bond acceptors (Lipinski definition) is 7. The normalized spacial score (nSPS) is 10.9. The van der Waals surface area contributed by atoms with Crippen molar-refractivity contribution < 1.29 is 24.1 Å². The molecule has 4 N–H and O–H groups in total. The molecule has 0 radical (unpaired) electrons. The van der Waals surface area contributed by atoms with Gasteiger partial charge in [-0.2, -0.15) is 5.10 Å². The number of sulfonamides is 1. The van der Waals surface area contributed by atoms with Gasteiger partial charge in [0.15, 0.2) is 0 Å². The van der Waals surface area contributed by atoms with Gasteiger partial charge in [0.05, 0.1) is 22.8 Å². The van der Waals surface area contributed by atoms with Crippen LogP contribution in [0.1, 0.15) is 22.5 Å². The Balaban J connectivity index is 0.000000255. The van der Waals surface area contributed by atoms with E-state index in [-0.39, 0.29) is 4.90 Å². The van der Waals surface area contributed by atoms with Crippen LogP contribution in [0.15, 0.2) is 71.8 Å². The fraction of sp³-hybridized carbons (Fsp3) is 0.250. The fourth-order valence-corrected chi connectivity index (χ4v) is 4.84. The number of benzene rings is 2. The predicted molar refractivity (Wildman–Crippen MR) is 149 cm³/mol. The largest absolute Gasteiger partial charge is 0.529 e. The number of nitrogens with one attached hydrogen (secondary N) is 1. The number of nitrogens with zero attached hydrogens (tertiary/aromatic N) is 4. The molecule has 0 aliphatic rings. The van der Waals surface area contributed by atoms with E-state index < -0.39 is 16.1 Å². The molecule has 0 fully saturated rings. The van der Waals surface area contributed by atoms with Crippen molar-refractivity contribution in [2.75, 3.05) is 25.5 Å². The zero-order chi connectivity index (χ0) is 28.7. The molecule has 0 spiro atoms. The van der Waals surface area contributed by atoms with Crippen molar-refractivity contribution in [2.45, 2.75) is 32.1 Å². The van der Waals surface area contributed by atoms with Gasteiger partial charge >= 0.3 is 0 Å². The average Bonchev–Trinajstić information content (AvgIpc) is 3.18. The zero-order valence-electron chi connectivity index (χ0n) is 22.8. The molecule has 2 aromatic carbocycles. The Kier molecular flexibility index (Phi) is 9.44. The van der Waals surface area contributed by atoms with E-state index in [1.807, 2.05) is 35.9 Å². The molecule has 10 nitrogen and oxygen atoms in total. The van der Waals surface area contributed by atoms with Crippen LogP contribution in [0.4, 0.5) is 10.6 Å². The van der Waals surface area contributed by atoms with E-state index in [2.05, 4.69) is 54.9 Å². The highest BCUT2D eigenvalue weighted by Crippen LogP contribution is 2.29. The maximum atomic E-state index is 11.2. The lowest BCUT2D eigenvalue weighted by Gasteiger charge is -2.11. The molecule has 0 bridgehead atoms. The lowest BCUT2D eigenvalue weighted by atomic mass is 10.1. The molecule has 2 heterocycles. The highest BCUT2D eigenvalue weighted by atomic mass is 32.2. The second-order valence-electron chi connectivity index (χ2n) is 9.23. The summed E-state index contributed by atoms with van der Waals surface area (Å²) in [5.41, 5.74) is 11.6. The molecule has 206 valence electrons. The third-order valence-corrected chi connectivity index (χ3v) is 7.31. The van der Waals surface area contributed by atoms with E-state index in [0.29, 0.717) is 0 Å². The number of amides is 1. The van der Waals surface area contributed by atoms with Crippen molar-refractivity contribution >= 4 is 21.9 Å². The number of aryl methyl sites for hydroxylation is 2. The van der Waals surface area contributed by atoms with E-state index in [0.717, 1.165) is 52.5 Å². The Morgan fingerprint density at radius 2 is 1.64 bits per heavy atom. The lowest BCUT2D eigenvalue weighted by molar-refractivity contribution is -0.366. The van der Waals surface area contributed by atoms with E-state index in [1.165, 1.54) is 22.4 Å². The molecule has 2 aromatic heterocycles. The fourth-order valence-electron chi connectivity index (χ4n) is 4.00. The Labute approximate surface area is 229 Å². The number of pyridine rings is 1. The molecule has 4 rings (SSSR count). The van der Waals surface area contributed by atoms with Crippen molar-refractivity contribution in [3.63, 3.8) is 0 Å². The lowest BCUT2D eigenvalue weighted by Crippen LogP contribution is -2.51. The van der Waals surface area contributed by atoms with E-state index in [1.54, 1.807) is 19.1 Å². The third-order valence-electron chi connectivity index (χ3n) is 5.98. The Morgan fingerprint density at radius 1 is 1.00 bits per heavy atom. The summed E-state index contributed by atoms with van der Waals surface area (Å²) in [7, 11) is 0.00135. The molecule has 0 aliphatic carbocycles. The maximum Gasteiger partial charge on any atom is 0.262 e. The first-order valence-corrected chi connectivity index (χ1v) is 13.8. The molecule has 1 amide bonds. The van der Waals surface area contributed by atoms with Crippen LogP contribution in [0.3, 0.4) is 0 Å². The van der Waals surface area contributed by atoms with Gasteiger partial charge in [0.25, 0.3) is 10.0 Å². The number of carboxylic acid groups (broad SMARTS) is 1. The standard InChI is InChI=1S/C20H25N5.C8H9NO4S/c1-14-20(17-7-10-19(22-13-17)24(3)4)15(2)25(23-14)18-8-5-16(6-9-18)11-12-21;1-6-2-4-7(5-3-6)14(12,13)9-8(10)11/h5-10,13H,11-12,21H2,1-4H3;2-5,9H,1H3,(H,10,11). The number of quaternary nitrogens is 1. The van der Waals surface area contributed by atoms with Crippen LogP contribution in [0.25, 0.3) is 16.8 Å². The van der Waals surface area contributed by atoms with Gasteiger partial charge < -0.3 is 20.5 Å². The van der Waals surface area contributed by atoms with Gasteiger partial charge in [-0.05, 0) is 62.7 Å². The van der Waals surface area contributed by atoms with Crippen LogP contribution in [-0.4, -0.2) is 49.9 Å². The van der Waals surface area contributed by atoms with Crippen molar-refractivity contribution in [3.8, 4) is 16.8 Å². The quantitative estimate of drug-likeness (QED) is 0.358. The van der Waals surface area contributed by atoms with Crippen molar-refractivity contribution in [1.82, 2.24) is 19.5 Å². The first-order chi connectivity index (χ1) is 18.4. The summed E-state index contributed by atoms with van der Waals surface area (Å²) >= 11 is 0. The van der Waals surface area contributed by atoms with Gasteiger partial charge in [-0.15, -0.1) is 0 Å². The Hall–Kier alpha value is -4.22. The van der Waals surface area contributed by atoms with Gasteiger partial charge in [-0.1, -0.05) is 29.8 Å². The maximum absolute atomic E-state index is 11.2. The zero-order valence-corrected chi connectivity index (χ0v) is 23.6. The molecule has 0 saturated heterocycles. The monoisotopic (exact) mass is 550 g/mol. The van der Waals surface area contributed by atoms with Gasteiger partial charge in [0.2, 0.25) is 0 Å². The molecule has 39 heavy (non-hydrogen) atoms. The first kappa shape index (κ1) is 29.3. The molecular weight excluding hydrogens is 516 g/mol. The van der Waals surface area contributed by atoms with Crippen molar-refractivity contribution in [2.24, 2.45) is 0 Å². The van der Waals surface area contributed by atoms with Crippen LogP contribution >= 0.6 is 0 Å². The Morgan fingerprint density at radius 3 is 2.15 bits per heavy atom. The number of carbonyl (C=O) groups excluding carboxylic acids is 1. The SMILES string of the molecule is Cc1ccc(S(=O)(=O)NC(=O)[O-])cc1.Cc1nn(-c2ccc(CC[NH3+])cc2)c(C)c1-c1ccc(N(C)C)nc1. The molecule has 11 heteroatoms. The van der Waals surface area contributed by atoms with Crippen LogP contribution in [-0.2, 0) is 16.4 Å². The Bertz CT molecular complexity index is 1510. The highest BCUT2D eigenvalue weighted by molar-refractivity contribution is 7.90. The number of rotatable bonds is 7.